The van der Waals surface area contributed by atoms with Gasteiger partial charge in [0.05, 0.1) is 18.7 Å². The molecular weight excluding hydrogens is 322 g/mol. The van der Waals surface area contributed by atoms with Crippen molar-refractivity contribution in [1.29, 1.82) is 0 Å². The number of carbonyl (C=O) groups is 3. The van der Waals surface area contributed by atoms with Crippen LogP contribution in [0.25, 0.3) is 0 Å². The molecule has 1 heterocycles. The standard InChI is InChI=1S/C18H25N3O4/c1-18(2,3)21-11-14(9-15(21)22)20-17(24)19-10-12-5-7-13(8-6-12)16(23)25-4/h5-8,14H,9-11H2,1-4H3,(H2,19,20,24). The van der Waals surface area contributed by atoms with E-state index in [0.717, 1.165) is 5.56 Å². The second-order valence-electron chi connectivity index (χ2n) is 7.09. The van der Waals surface area contributed by atoms with Gasteiger partial charge in [-0.05, 0) is 38.5 Å². The van der Waals surface area contributed by atoms with Gasteiger partial charge in [-0.3, -0.25) is 4.79 Å². The van der Waals surface area contributed by atoms with Crippen molar-refractivity contribution in [3.8, 4) is 0 Å². The number of nitrogens with one attached hydrogen (secondary N) is 2. The minimum Gasteiger partial charge on any atom is -0.465 e. The first-order valence-corrected chi connectivity index (χ1v) is 8.23. The molecule has 0 aromatic heterocycles. The van der Waals surface area contributed by atoms with E-state index in [2.05, 4.69) is 15.4 Å². The van der Waals surface area contributed by atoms with Gasteiger partial charge in [0.25, 0.3) is 0 Å². The number of esters is 1. The summed E-state index contributed by atoms with van der Waals surface area (Å²) < 4.78 is 4.64. The number of ether oxygens (including phenoxy) is 1. The van der Waals surface area contributed by atoms with Gasteiger partial charge in [-0.25, -0.2) is 9.59 Å². The predicted octanol–water partition coefficient (Wildman–Crippen LogP) is 1.67. The first kappa shape index (κ1) is 18.8. The zero-order chi connectivity index (χ0) is 18.6. The van der Waals surface area contributed by atoms with Crippen LogP contribution < -0.4 is 10.6 Å². The molecule has 1 aliphatic rings. The average Bonchev–Trinajstić information content (AvgIpc) is 2.93. The topological polar surface area (TPSA) is 87.7 Å². The molecule has 7 nitrogen and oxygen atoms in total. The highest BCUT2D eigenvalue weighted by atomic mass is 16.5. The number of carbonyl (C=O) groups excluding carboxylic acids is 3. The molecule has 0 bridgehead atoms. The third kappa shape index (κ3) is 4.95. The summed E-state index contributed by atoms with van der Waals surface area (Å²) in [6.45, 7) is 6.78. The molecule has 0 saturated carbocycles. The second-order valence-corrected chi connectivity index (χ2v) is 7.09. The van der Waals surface area contributed by atoms with Gasteiger partial charge in [0.1, 0.15) is 0 Å². The van der Waals surface area contributed by atoms with Crippen molar-refractivity contribution in [2.24, 2.45) is 0 Å². The molecule has 0 radical (unpaired) electrons. The minimum absolute atomic E-state index is 0.0520. The molecule has 25 heavy (non-hydrogen) atoms. The Morgan fingerprint density at radius 2 is 1.88 bits per heavy atom. The van der Waals surface area contributed by atoms with Gasteiger partial charge in [-0.15, -0.1) is 0 Å². The number of hydrogen-bond acceptors (Lipinski definition) is 4. The molecule has 7 heteroatoms. The Labute approximate surface area is 147 Å². The van der Waals surface area contributed by atoms with E-state index in [-0.39, 0.29) is 23.5 Å². The van der Waals surface area contributed by atoms with Crippen LogP contribution in [0, 0.1) is 0 Å². The number of urea groups is 1. The van der Waals surface area contributed by atoms with E-state index in [0.29, 0.717) is 25.1 Å². The number of nitrogens with zero attached hydrogens (tertiary/aromatic N) is 1. The van der Waals surface area contributed by atoms with Crippen molar-refractivity contribution in [2.45, 2.75) is 45.3 Å². The van der Waals surface area contributed by atoms with E-state index < -0.39 is 5.97 Å². The predicted molar refractivity (Wildman–Crippen MR) is 93.0 cm³/mol. The summed E-state index contributed by atoms with van der Waals surface area (Å²) in [5.74, 6) is -0.345. The third-order valence-electron chi connectivity index (χ3n) is 4.10. The van der Waals surface area contributed by atoms with Gasteiger partial charge in [0.2, 0.25) is 5.91 Å². The lowest BCUT2D eigenvalue weighted by atomic mass is 10.1. The van der Waals surface area contributed by atoms with Crippen LogP contribution in [0.5, 0.6) is 0 Å². The fraction of sp³-hybridized carbons (Fsp3) is 0.500. The van der Waals surface area contributed by atoms with Crippen molar-refractivity contribution in [3.05, 3.63) is 35.4 Å². The first-order chi connectivity index (χ1) is 11.7. The Kier molecular flexibility index (Phi) is 5.66. The highest BCUT2D eigenvalue weighted by Crippen LogP contribution is 2.21. The Hall–Kier alpha value is -2.57. The zero-order valence-corrected chi connectivity index (χ0v) is 15.1. The Bertz CT molecular complexity index is 649. The van der Waals surface area contributed by atoms with Crippen LogP contribution >= 0.6 is 0 Å². The van der Waals surface area contributed by atoms with Crippen LogP contribution in [-0.4, -0.2) is 48.0 Å². The van der Waals surface area contributed by atoms with E-state index >= 15 is 0 Å². The molecule has 1 saturated heterocycles. The Balaban J connectivity index is 1.81. The van der Waals surface area contributed by atoms with Crippen LogP contribution in [0.4, 0.5) is 4.79 Å². The SMILES string of the molecule is COC(=O)c1ccc(CNC(=O)NC2CC(=O)N(C(C)(C)C)C2)cc1. The Morgan fingerprint density at radius 3 is 2.40 bits per heavy atom. The summed E-state index contributed by atoms with van der Waals surface area (Å²) in [5, 5.41) is 5.59. The van der Waals surface area contributed by atoms with E-state index in [4.69, 9.17) is 0 Å². The zero-order valence-electron chi connectivity index (χ0n) is 15.1. The average molecular weight is 347 g/mol. The molecule has 2 rings (SSSR count). The molecule has 1 unspecified atom stereocenters. The van der Waals surface area contributed by atoms with Gasteiger partial charge in [0, 0.05) is 25.0 Å². The van der Waals surface area contributed by atoms with Gasteiger partial charge in [0.15, 0.2) is 0 Å². The van der Waals surface area contributed by atoms with Crippen molar-refractivity contribution in [1.82, 2.24) is 15.5 Å². The van der Waals surface area contributed by atoms with Crippen LogP contribution in [-0.2, 0) is 16.1 Å². The summed E-state index contributed by atoms with van der Waals surface area (Å²) in [7, 11) is 1.33. The minimum atomic E-state index is -0.397. The quantitative estimate of drug-likeness (QED) is 0.811. The molecule has 1 atom stereocenters. The van der Waals surface area contributed by atoms with Crippen LogP contribution in [0.1, 0.15) is 43.1 Å². The number of hydrogen-bond donors (Lipinski definition) is 2. The summed E-state index contributed by atoms with van der Waals surface area (Å²) in [5.41, 5.74) is 1.08. The van der Waals surface area contributed by atoms with E-state index in [9.17, 15) is 14.4 Å². The van der Waals surface area contributed by atoms with Crippen LogP contribution in [0.15, 0.2) is 24.3 Å². The maximum absolute atomic E-state index is 12.0. The van der Waals surface area contributed by atoms with Crippen molar-refractivity contribution < 1.29 is 19.1 Å². The number of amides is 3. The summed E-state index contributed by atoms with van der Waals surface area (Å²) in [6.07, 6.45) is 0.318. The van der Waals surface area contributed by atoms with Gasteiger partial charge < -0.3 is 20.3 Å². The molecule has 0 aliphatic carbocycles. The van der Waals surface area contributed by atoms with Crippen molar-refractivity contribution >= 4 is 17.9 Å². The number of benzene rings is 1. The van der Waals surface area contributed by atoms with Gasteiger partial charge >= 0.3 is 12.0 Å². The van der Waals surface area contributed by atoms with Crippen LogP contribution in [0.3, 0.4) is 0 Å². The highest BCUT2D eigenvalue weighted by Gasteiger charge is 2.36. The first-order valence-electron chi connectivity index (χ1n) is 8.23. The normalized spacial score (nSPS) is 17.4. The molecular formula is C18H25N3O4. The van der Waals surface area contributed by atoms with E-state index in [1.54, 1.807) is 29.2 Å². The lowest BCUT2D eigenvalue weighted by Gasteiger charge is -2.32. The monoisotopic (exact) mass is 347 g/mol. The summed E-state index contributed by atoms with van der Waals surface area (Å²) in [6, 6.07) is 6.31. The largest absolute Gasteiger partial charge is 0.465 e. The van der Waals surface area contributed by atoms with Crippen LogP contribution in [0.2, 0.25) is 0 Å². The molecule has 2 N–H and O–H groups in total. The maximum Gasteiger partial charge on any atom is 0.337 e. The third-order valence-corrected chi connectivity index (χ3v) is 4.10. The number of methoxy groups -OCH3 is 1. The molecule has 136 valence electrons. The van der Waals surface area contributed by atoms with Crippen molar-refractivity contribution in [3.63, 3.8) is 0 Å². The van der Waals surface area contributed by atoms with E-state index in [1.807, 2.05) is 20.8 Å². The lowest BCUT2D eigenvalue weighted by Crippen LogP contribution is -2.46. The maximum atomic E-state index is 12.0. The second kappa shape index (κ2) is 7.55. The summed E-state index contributed by atoms with van der Waals surface area (Å²) in [4.78, 5) is 37.2. The summed E-state index contributed by atoms with van der Waals surface area (Å²) >= 11 is 0. The lowest BCUT2D eigenvalue weighted by molar-refractivity contribution is -0.131. The van der Waals surface area contributed by atoms with E-state index in [1.165, 1.54) is 7.11 Å². The molecule has 0 spiro atoms. The Morgan fingerprint density at radius 1 is 1.24 bits per heavy atom. The van der Waals surface area contributed by atoms with Gasteiger partial charge in [-0.1, -0.05) is 12.1 Å². The molecule has 3 amide bonds. The highest BCUT2D eigenvalue weighted by molar-refractivity contribution is 5.89. The number of likely N-dealkylation sites (tertiary alicyclic amines) is 1. The number of rotatable bonds is 4. The molecule has 1 aromatic rings. The molecule has 1 aliphatic heterocycles. The fourth-order valence-corrected chi connectivity index (χ4v) is 2.75. The molecule has 1 fully saturated rings. The smallest absolute Gasteiger partial charge is 0.337 e. The van der Waals surface area contributed by atoms with Gasteiger partial charge in [-0.2, -0.15) is 0 Å². The van der Waals surface area contributed by atoms with Crippen molar-refractivity contribution in [2.75, 3.05) is 13.7 Å². The fourth-order valence-electron chi connectivity index (χ4n) is 2.75. The molecule has 1 aromatic carbocycles.